The molecule has 8 heteroatoms. The molecular weight excluding hydrogens is 439 g/mol. The lowest BCUT2D eigenvalue weighted by Gasteiger charge is -2.10. The zero-order chi connectivity index (χ0) is 22.4. The highest BCUT2D eigenvalue weighted by molar-refractivity contribution is 6.42. The van der Waals surface area contributed by atoms with E-state index >= 15 is 0 Å². The van der Waals surface area contributed by atoms with E-state index in [4.69, 9.17) is 32.7 Å². The van der Waals surface area contributed by atoms with Crippen LogP contribution in [0, 0.1) is 6.92 Å². The molecule has 0 aromatic heterocycles. The number of benzene rings is 3. The summed E-state index contributed by atoms with van der Waals surface area (Å²) in [6.07, 6.45) is 1.46. The standard InChI is InChI=1S/C23H18Cl2N2O4/c1-14-5-3-4-6-17(14)22(28)27-26-13-15-7-10-20(21(11-15)30-2)31-23(29)16-8-9-18(24)19(25)12-16/h3-13H,1-2H3,(H,27,28)/b26-13-. The van der Waals surface area contributed by atoms with E-state index < -0.39 is 5.97 Å². The van der Waals surface area contributed by atoms with Crippen molar-refractivity contribution in [1.29, 1.82) is 0 Å². The van der Waals surface area contributed by atoms with E-state index in [9.17, 15) is 9.59 Å². The molecule has 1 N–H and O–H groups in total. The summed E-state index contributed by atoms with van der Waals surface area (Å²) in [6.45, 7) is 1.85. The Labute approximate surface area is 189 Å². The molecule has 0 bridgehead atoms. The van der Waals surface area contributed by atoms with E-state index in [2.05, 4.69) is 10.5 Å². The Balaban J connectivity index is 1.70. The van der Waals surface area contributed by atoms with Crippen molar-refractivity contribution in [1.82, 2.24) is 5.43 Å². The highest BCUT2D eigenvalue weighted by Crippen LogP contribution is 2.29. The maximum Gasteiger partial charge on any atom is 0.343 e. The van der Waals surface area contributed by atoms with Crippen LogP contribution in [0.5, 0.6) is 11.5 Å². The first-order valence-corrected chi connectivity index (χ1v) is 9.89. The van der Waals surface area contributed by atoms with Gasteiger partial charge in [0.1, 0.15) is 0 Å². The van der Waals surface area contributed by atoms with Crippen LogP contribution in [-0.2, 0) is 0 Å². The Morgan fingerprint density at radius 1 is 0.968 bits per heavy atom. The molecule has 6 nitrogen and oxygen atoms in total. The van der Waals surface area contributed by atoms with Gasteiger partial charge in [-0.2, -0.15) is 5.10 Å². The third kappa shape index (κ3) is 5.63. The topological polar surface area (TPSA) is 77.0 Å². The molecule has 0 aliphatic rings. The fraction of sp³-hybridized carbons (Fsp3) is 0.0870. The maximum absolute atomic E-state index is 12.4. The lowest BCUT2D eigenvalue weighted by Crippen LogP contribution is -2.18. The highest BCUT2D eigenvalue weighted by atomic mass is 35.5. The summed E-state index contributed by atoms with van der Waals surface area (Å²) in [5.41, 5.74) is 4.77. The van der Waals surface area contributed by atoms with Crippen molar-refractivity contribution in [3.63, 3.8) is 0 Å². The molecule has 31 heavy (non-hydrogen) atoms. The van der Waals surface area contributed by atoms with Crippen LogP contribution in [0.25, 0.3) is 0 Å². The minimum atomic E-state index is -0.608. The van der Waals surface area contributed by atoms with E-state index in [1.54, 1.807) is 30.3 Å². The van der Waals surface area contributed by atoms with Crippen LogP contribution >= 0.6 is 23.2 Å². The summed E-state index contributed by atoms with van der Waals surface area (Å²) in [7, 11) is 1.45. The van der Waals surface area contributed by atoms with Gasteiger partial charge in [0.25, 0.3) is 5.91 Å². The summed E-state index contributed by atoms with van der Waals surface area (Å²) in [4.78, 5) is 24.6. The molecule has 0 aliphatic heterocycles. The number of hydrogen-bond donors (Lipinski definition) is 1. The number of nitrogens with one attached hydrogen (secondary N) is 1. The highest BCUT2D eigenvalue weighted by Gasteiger charge is 2.14. The number of esters is 1. The number of hydrazone groups is 1. The molecule has 0 fully saturated rings. The summed E-state index contributed by atoms with van der Waals surface area (Å²) in [5.74, 6) is -0.375. The van der Waals surface area contributed by atoms with E-state index in [1.807, 2.05) is 19.1 Å². The van der Waals surface area contributed by atoms with Crippen molar-refractivity contribution >= 4 is 41.3 Å². The number of nitrogens with zero attached hydrogens (tertiary/aromatic N) is 1. The van der Waals surface area contributed by atoms with Crippen molar-refractivity contribution < 1.29 is 19.1 Å². The van der Waals surface area contributed by atoms with Crippen molar-refractivity contribution in [2.24, 2.45) is 5.10 Å². The number of aryl methyl sites for hydroxylation is 1. The molecule has 0 aliphatic carbocycles. The molecule has 0 heterocycles. The second-order valence-corrected chi connectivity index (χ2v) is 7.26. The van der Waals surface area contributed by atoms with Crippen molar-refractivity contribution in [2.45, 2.75) is 6.92 Å². The van der Waals surface area contributed by atoms with Crippen LogP contribution in [-0.4, -0.2) is 25.2 Å². The quantitative estimate of drug-likeness (QED) is 0.236. The molecule has 0 unspecified atom stereocenters. The van der Waals surface area contributed by atoms with Crippen LogP contribution in [0.2, 0.25) is 10.0 Å². The van der Waals surface area contributed by atoms with Gasteiger partial charge in [-0.1, -0.05) is 41.4 Å². The molecular formula is C23H18Cl2N2O4. The smallest absolute Gasteiger partial charge is 0.343 e. The number of rotatable bonds is 6. The molecule has 1 amide bonds. The number of amides is 1. The van der Waals surface area contributed by atoms with Gasteiger partial charge in [-0.25, -0.2) is 10.2 Å². The third-order valence-electron chi connectivity index (χ3n) is 4.32. The van der Waals surface area contributed by atoms with Crippen molar-refractivity contribution in [3.8, 4) is 11.5 Å². The van der Waals surface area contributed by atoms with Crippen LogP contribution in [0.15, 0.2) is 65.8 Å². The third-order valence-corrected chi connectivity index (χ3v) is 5.05. The molecule has 0 saturated carbocycles. The Morgan fingerprint density at radius 3 is 2.45 bits per heavy atom. The molecule has 0 saturated heterocycles. The number of halogens is 2. The predicted molar refractivity (Wildman–Crippen MR) is 121 cm³/mol. The fourth-order valence-electron chi connectivity index (χ4n) is 2.68. The fourth-order valence-corrected chi connectivity index (χ4v) is 2.98. The minimum absolute atomic E-state index is 0.222. The summed E-state index contributed by atoms with van der Waals surface area (Å²) in [5, 5.41) is 4.57. The van der Waals surface area contributed by atoms with E-state index in [0.717, 1.165) is 5.56 Å². The molecule has 3 aromatic carbocycles. The van der Waals surface area contributed by atoms with Crippen LogP contribution in [0.3, 0.4) is 0 Å². The van der Waals surface area contributed by atoms with Gasteiger partial charge in [0.15, 0.2) is 11.5 Å². The van der Waals surface area contributed by atoms with Crippen LogP contribution in [0.4, 0.5) is 0 Å². The van der Waals surface area contributed by atoms with Gasteiger partial charge < -0.3 is 9.47 Å². The van der Waals surface area contributed by atoms with Gasteiger partial charge in [0.2, 0.25) is 0 Å². The Bertz CT molecular complexity index is 1160. The Hall–Kier alpha value is -3.35. The SMILES string of the molecule is COc1cc(/C=N\NC(=O)c2ccccc2C)ccc1OC(=O)c1ccc(Cl)c(Cl)c1. The summed E-state index contributed by atoms with van der Waals surface area (Å²) < 4.78 is 10.7. The Kier molecular flexibility index (Phi) is 7.28. The lowest BCUT2D eigenvalue weighted by atomic mass is 10.1. The van der Waals surface area contributed by atoms with Gasteiger partial charge >= 0.3 is 5.97 Å². The maximum atomic E-state index is 12.4. The molecule has 3 aromatic rings. The lowest BCUT2D eigenvalue weighted by molar-refractivity contribution is 0.0729. The zero-order valence-corrected chi connectivity index (χ0v) is 18.2. The number of hydrogen-bond acceptors (Lipinski definition) is 5. The summed E-state index contributed by atoms with van der Waals surface area (Å²) >= 11 is 11.8. The number of carbonyl (C=O) groups excluding carboxylic acids is 2. The van der Waals surface area contributed by atoms with E-state index in [1.165, 1.54) is 31.5 Å². The molecule has 3 rings (SSSR count). The monoisotopic (exact) mass is 456 g/mol. The molecule has 0 spiro atoms. The average Bonchev–Trinajstić information content (AvgIpc) is 2.76. The first kappa shape index (κ1) is 22.3. The van der Waals surface area contributed by atoms with Crippen LogP contribution in [0.1, 0.15) is 31.8 Å². The zero-order valence-electron chi connectivity index (χ0n) is 16.7. The summed E-state index contributed by atoms with van der Waals surface area (Å²) in [6, 6.07) is 16.5. The first-order chi connectivity index (χ1) is 14.9. The van der Waals surface area contributed by atoms with Gasteiger partial charge in [0.05, 0.1) is 28.9 Å². The predicted octanol–water partition coefficient (Wildman–Crippen LogP) is 5.29. The van der Waals surface area contributed by atoms with Crippen molar-refractivity contribution in [3.05, 3.63) is 93.0 Å². The molecule has 0 radical (unpaired) electrons. The van der Waals surface area contributed by atoms with Crippen molar-refractivity contribution in [2.75, 3.05) is 7.11 Å². The average molecular weight is 457 g/mol. The number of methoxy groups -OCH3 is 1. The van der Waals surface area contributed by atoms with Gasteiger partial charge in [-0.3, -0.25) is 4.79 Å². The number of ether oxygens (including phenoxy) is 2. The largest absolute Gasteiger partial charge is 0.493 e. The molecule has 0 atom stereocenters. The first-order valence-electron chi connectivity index (χ1n) is 9.13. The molecule has 158 valence electrons. The normalized spacial score (nSPS) is 10.7. The van der Waals surface area contributed by atoms with Gasteiger partial charge in [0, 0.05) is 5.56 Å². The van der Waals surface area contributed by atoms with Gasteiger partial charge in [-0.15, -0.1) is 0 Å². The Morgan fingerprint density at radius 2 is 1.74 bits per heavy atom. The second kappa shape index (κ2) is 10.1. The number of carbonyl (C=O) groups is 2. The van der Waals surface area contributed by atoms with Gasteiger partial charge in [-0.05, 0) is 60.5 Å². The van der Waals surface area contributed by atoms with Crippen LogP contribution < -0.4 is 14.9 Å². The van der Waals surface area contributed by atoms with E-state index in [-0.39, 0.29) is 22.2 Å². The second-order valence-electron chi connectivity index (χ2n) is 6.44. The van der Waals surface area contributed by atoms with E-state index in [0.29, 0.717) is 21.9 Å². The minimum Gasteiger partial charge on any atom is -0.493 e.